The Balaban J connectivity index is 2.60. The fraction of sp³-hybridized carbons (Fsp3) is 0.222. The molecule has 0 aliphatic rings. The highest BCUT2D eigenvalue weighted by molar-refractivity contribution is 5.16. The van der Waals surface area contributed by atoms with Crippen LogP contribution in [0.25, 0.3) is 0 Å². The van der Waals surface area contributed by atoms with E-state index in [1.54, 1.807) is 6.07 Å². The van der Waals surface area contributed by atoms with Gasteiger partial charge in [0.1, 0.15) is 6.10 Å². The SMILES string of the molecule is N#C[C@H](O)Cc1ccccc1. The number of rotatable bonds is 2. The third-order valence-corrected chi connectivity index (χ3v) is 1.42. The molecule has 1 N–H and O–H groups in total. The van der Waals surface area contributed by atoms with Gasteiger partial charge in [-0.2, -0.15) is 5.26 Å². The molecule has 0 bridgehead atoms. The fourth-order valence-electron chi connectivity index (χ4n) is 0.883. The van der Waals surface area contributed by atoms with Gasteiger partial charge in [-0.1, -0.05) is 30.3 Å². The molecule has 0 heterocycles. The van der Waals surface area contributed by atoms with Crippen LogP contribution >= 0.6 is 0 Å². The lowest BCUT2D eigenvalue weighted by atomic mass is 10.1. The van der Waals surface area contributed by atoms with E-state index in [0.29, 0.717) is 6.42 Å². The topological polar surface area (TPSA) is 44.0 Å². The zero-order valence-corrected chi connectivity index (χ0v) is 6.07. The first-order chi connectivity index (χ1) is 5.33. The highest BCUT2D eigenvalue weighted by Crippen LogP contribution is 2.01. The first-order valence-electron chi connectivity index (χ1n) is 3.44. The summed E-state index contributed by atoms with van der Waals surface area (Å²) in [6, 6.07) is 11.2. The maximum Gasteiger partial charge on any atom is 0.144 e. The van der Waals surface area contributed by atoms with Crippen molar-refractivity contribution in [3.8, 4) is 6.07 Å². The first kappa shape index (κ1) is 7.77. The fourth-order valence-corrected chi connectivity index (χ4v) is 0.883. The van der Waals surface area contributed by atoms with E-state index in [9.17, 15) is 0 Å². The highest BCUT2D eigenvalue weighted by atomic mass is 16.3. The van der Waals surface area contributed by atoms with Crippen LogP contribution in [-0.2, 0) is 6.42 Å². The number of nitriles is 1. The van der Waals surface area contributed by atoms with Crippen molar-refractivity contribution < 1.29 is 5.11 Å². The molecule has 2 nitrogen and oxygen atoms in total. The predicted octanol–water partition coefficient (Wildman–Crippen LogP) is 1.11. The van der Waals surface area contributed by atoms with Crippen LogP contribution < -0.4 is 0 Å². The van der Waals surface area contributed by atoms with Crippen molar-refractivity contribution in [1.29, 1.82) is 5.26 Å². The standard InChI is InChI=1S/C9H9NO/c10-7-9(11)6-8-4-2-1-3-5-8/h1-5,9,11H,6H2/t9-/m1/s1. The van der Waals surface area contributed by atoms with Crippen LogP contribution in [0.15, 0.2) is 30.3 Å². The van der Waals surface area contributed by atoms with Crippen LogP contribution in [0, 0.1) is 11.3 Å². The second-order valence-electron chi connectivity index (χ2n) is 2.33. The van der Waals surface area contributed by atoms with Crippen molar-refractivity contribution in [2.45, 2.75) is 12.5 Å². The highest BCUT2D eigenvalue weighted by Gasteiger charge is 2.00. The molecule has 0 aliphatic heterocycles. The van der Waals surface area contributed by atoms with Gasteiger partial charge in [-0.15, -0.1) is 0 Å². The van der Waals surface area contributed by atoms with E-state index in [1.807, 2.05) is 30.3 Å². The Kier molecular flexibility index (Phi) is 2.65. The molecule has 0 radical (unpaired) electrons. The van der Waals surface area contributed by atoms with Crippen molar-refractivity contribution in [3.63, 3.8) is 0 Å². The Bertz CT molecular complexity index is 250. The van der Waals surface area contributed by atoms with Gasteiger partial charge < -0.3 is 5.11 Å². The minimum Gasteiger partial charge on any atom is -0.378 e. The molecule has 0 saturated carbocycles. The van der Waals surface area contributed by atoms with E-state index in [2.05, 4.69) is 0 Å². The van der Waals surface area contributed by atoms with Crippen molar-refractivity contribution in [3.05, 3.63) is 35.9 Å². The Morgan fingerprint density at radius 2 is 2.00 bits per heavy atom. The van der Waals surface area contributed by atoms with Crippen molar-refractivity contribution in [1.82, 2.24) is 0 Å². The maximum atomic E-state index is 8.95. The molecule has 1 aromatic carbocycles. The van der Waals surface area contributed by atoms with Gasteiger partial charge in [0.2, 0.25) is 0 Å². The van der Waals surface area contributed by atoms with Gasteiger partial charge >= 0.3 is 0 Å². The average molecular weight is 147 g/mol. The Hall–Kier alpha value is -1.33. The lowest BCUT2D eigenvalue weighted by Gasteiger charge is -1.99. The minimum absolute atomic E-state index is 0.414. The summed E-state index contributed by atoms with van der Waals surface area (Å²) in [5.41, 5.74) is 0.988. The molecule has 0 aromatic heterocycles. The summed E-state index contributed by atoms with van der Waals surface area (Å²) in [5, 5.41) is 17.2. The smallest absolute Gasteiger partial charge is 0.144 e. The van der Waals surface area contributed by atoms with Gasteiger partial charge in [-0.25, -0.2) is 0 Å². The van der Waals surface area contributed by atoms with Crippen LogP contribution in [0.1, 0.15) is 5.56 Å². The van der Waals surface area contributed by atoms with E-state index in [0.717, 1.165) is 5.56 Å². The summed E-state index contributed by atoms with van der Waals surface area (Å²) in [5.74, 6) is 0. The number of benzene rings is 1. The van der Waals surface area contributed by atoms with Crippen molar-refractivity contribution in [2.75, 3.05) is 0 Å². The lowest BCUT2D eigenvalue weighted by molar-refractivity contribution is 0.231. The summed E-state index contributed by atoms with van der Waals surface area (Å²) in [4.78, 5) is 0. The maximum absolute atomic E-state index is 8.95. The monoisotopic (exact) mass is 147 g/mol. The Labute approximate surface area is 65.7 Å². The van der Waals surface area contributed by atoms with E-state index in [1.165, 1.54) is 0 Å². The molecule has 0 saturated heterocycles. The second kappa shape index (κ2) is 3.75. The van der Waals surface area contributed by atoms with Crippen LogP contribution in [0.2, 0.25) is 0 Å². The molecule has 1 aromatic rings. The molecule has 1 atom stereocenters. The van der Waals surface area contributed by atoms with Gasteiger partial charge in [-0.05, 0) is 5.56 Å². The molecule has 0 aliphatic carbocycles. The molecular formula is C9H9NO. The zero-order valence-electron chi connectivity index (χ0n) is 6.07. The minimum atomic E-state index is -0.877. The molecule has 0 fully saturated rings. The summed E-state index contributed by atoms with van der Waals surface area (Å²) in [6.45, 7) is 0. The van der Waals surface area contributed by atoms with E-state index < -0.39 is 6.10 Å². The first-order valence-corrected chi connectivity index (χ1v) is 3.44. The van der Waals surface area contributed by atoms with Crippen molar-refractivity contribution in [2.24, 2.45) is 0 Å². The van der Waals surface area contributed by atoms with Crippen LogP contribution in [0.5, 0.6) is 0 Å². The molecular weight excluding hydrogens is 138 g/mol. The van der Waals surface area contributed by atoms with Gasteiger partial charge in [0, 0.05) is 6.42 Å². The van der Waals surface area contributed by atoms with Crippen LogP contribution in [0.3, 0.4) is 0 Å². The number of hydrogen-bond donors (Lipinski definition) is 1. The van der Waals surface area contributed by atoms with Gasteiger partial charge in [0.25, 0.3) is 0 Å². The number of hydrogen-bond acceptors (Lipinski definition) is 2. The number of aliphatic hydroxyl groups excluding tert-OH is 1. The van der Waals surface area contributed by atoms with E-state index >= 15 is 0 Å². The summed E-state index contributed by atoms with van der Waals surface area (Å²) in [6.07, 6.45) is -0.463. The molecule has 11 heavy (non-hydrogen) atoms. The number of nitrogens with zero attached hydrogens (tertiary/aromatic N) is 1. The zero-order chi connectivity index (χ0) is 8.10. The third-order valence-electron chi connectivity index (χ3n) is 1.42. The van der Waals surface area contributed by atoms with E-state index in [4.69, 9.17) is 10.4 Å². The summed E-state index contributed by atoms with van der Waals surface area (Å²) < 4.78 is 0. The van der Waals surface area contributed by atoms with Gasteiger partial charge in [0.05, 0.1) is 6.07 Å². The summed E-state index contributed by atoms with van der Waals surface area (Å²) in [7, 11) is 0. The second-order valence-corrected chi connectivity index (χ2v) is 2.33. The molecule has 0 amide bonds. The molecule has 56 valence electrons. The largest absolute Gasteiger partial charge is 0.378 e. The summed E-state index contributed by atoms with van der Waals surface area (Å²) >= 11 is 0. The Morgan fingerprint density at radius 1 is 1.36 bits per heavy atom. The van der Waals surface area contributed by atoms with Gasteiger partial charge in [0.15, 0.2) is 0 Å². The lowest BCUT2D eigenvalue weighted by Crippen LogP contribution is -2.06. The predicted molar refractivity (Wildman–Crippen MR) is 41.8 cm³/mol. The van der Waals surface area contributed by atoms with Crippen LogP contribution in [0.4, 0.5) is 0 Å². The molecule has 0 unspecified atom stereocenters. The normalized spacial score (nSPS) is 12.0. The average Bonchev–Trinajstić information content (AvgIpc) is 2.06. The Morgan fingerprint density at radius 3 is 2.55 bits per heavy atom. The molecule has 2 heteroatoms. The quantitative estimate of drug-likeness (QED) is 0.637. The molecule has 1 rings (SSSR count). The third kappa shape index (κ3) is 2.40. The molecule has 0 spiro atoms. The van der Waals surface area contributed by atoms with Gasteiger partial charge in [-0.3, -0.25) is 0 Å². The number of aliphatic hydroxyl groups is 1. The van der Waals surface area contributed by atoms with E-state index in [-0.39, 0.29) is 0 Å². The van der Waals surface area contributed by atoms with Crippen molar-refractivity contribution >= 4 is 0 Å². The van der Waals surface area contributed by atoms with Crippen LogP contribution in [-0.4, -0.2) is 11.2 Å².